The zero-order chi connectivity index (χ0) is 17.5. The van der Waals surface area contributed by atoms with Crippen LogP contribution in [0, 0.1) is 6.92 Å². The summed E-state index contributed by atoms with van der Waals surface area (Å²) in [6.45, 7) is 1.52. The Balaban J connectivity index is 2.74. The highest BCUT2D eigenvalue weighted by Crippen LogP contribution is 2.26. The van der Waals surface area contributed by atoms with Gasteiger partial charge in [-0.25, -0.2) is 8.42 Å². The Morgan fingerprint density at radius 1 is 1.26 bits per heavy atom. The molecule has 0 saturated carbocycles. The molecule has 1 N–H and O–H groups in total. The predicted molar refractivity (Wildman–Crippen MR) is 86.1 cm³/mol. The average Bonchev–Trinajstić information content (AvgIpc) is 2.76. The molecule has 124 valence electrons. The molecule has 1 atom stereocenters. The monoisotopic (exact) mass is 356 g/mol. The lowest BCUT2D eigenvalue weighted by Crippen LogP contribution is -2.20. The van der Waals surface area contributed by atoms with Crippen LogP contribution in [0.3, 0.4) is 0 Å². The van der Waals surface area contributed by atoms with Gasteiger partial charge in [-0.05, 0) is 24.6 Å². The van der Waals surface area contributed by atoms with E-state index in [9.17, 15) is 22.2 Å². The molecule has 0 fully saturated rings. The number of ketones is 1. The van der Waals surface area contributed by atoms with Crippen molar-refractivity contribution in [2.45, 2.75) is 16.7 Å². The van der Waals surface area contributed by atoms with Gasteiger partial charge in [-0.2, -0.15) is 0 Å². The van der Waals surface area contributed by atoms with E-state index in [2.05, 4.69) is 5.10 Å². The van der Waals surface area contributed by atoms with Gasteiger partial charge in [0, 0.05) is 31.3 Å². The van der Waals surface area contributed by atoms with Gasteiger partial charge in [-0.1, -0.05) is 0 Å². The molecule has 1 aromatic heterocycles. The largest absolute Gasteiger partial charge is 0.302 e. The zero-order valence-electron chi connectivity index (χ0n) is 13.0. The molecule has 23 heavy (non-hydrogen) atoms. The van der Waals surface area contributed by atoms with Crippen LogP contribution in [0.2, 0.25) is 0 Å². The molecular weight excluding hydrogens is 340 g/mol. The Morgan fingerprint density at radius 2 is 1.87 bits per heavy atom. The summed E-state index contributed by atoms with van der Waals surface area (Å²) in [5.74, 6) is -0.545. The Hall–Kier alpha value is -2.00. The lowest BCUT2D eigenvalue weighted by atomic mass is 10.0. The molecule has 2 aromatic rings. The fraction of sp³-hybridized carbons (Fsp3) is 0.286. The molecule has 0 aliphatic rings. The molecule has 0 amide bonds. The number of nitrogens with one attached hydrogen (secondary N) is 1. The van der Waals surface area contributed by atoms with Gasteiger partial charge in [0.15, 0.2) is 15.6 Å². The van der Waals surface area contributed by atoms with Crippen molar-refractivity contribution in [2.75, 3.05) is 12.5 Å². The summed E-state index contributed by atoms with van der Waals surface area (Å²) in [7, 11) is -3.72. The van der Waals surface area contributed by atoms with E-state index in [0.29, 0.717) is 5.56 Å². The molecule has 0 aliphatic heterocycles. The topological polar surface area (TPSA) is 106 Å². The maximum absolute atomic E-state index is 12.6. The second kappa shape index (κ2) is 5.89. The Bertz CT molecular complexity index is 983. The number of rotatable bonds is 4. The number of carbonyl (C=O) groups excluding carboxylic acids is 1. The second-order valence-corrected chi connectivity index (χ2v) is 8.47. The van der Waals surface area contributed by atoms with Gasteiger partial charge in [0.25, 0.3) is 5.56 Å². The molecular formula is C14H16N2O5S2. The molecule has 9 heteroatoms. The van der Waals surface area contributed by atoms with Crippen molar-refractivity contribution < 1.29 is 17.4 Å². The van der Waals surface area contributed by atoms with E-state index in [4.69, 9.17) is 0 Å². The third kappa shape index (κ3) is 3.06. The minimum absolute atomic E-state index is 0.0597. The minimum atomic E-state index is -3.59. The second-order valence-electron chi connectivity index (χ2n) is 5.17. The first kappa shape index (κ1) is 17.4. The van der Waals surface area contributed by atoms with Gasteiger partial charge in [0.1, 0.15) is 5.56 Å². The summed E-state index contributed by atoms with van der Waals surface area (Å²) in [5.41, 5.74) is -0.0994. The van der Waals surface area contributed by atoms with Gasteiger partial charge in [0.2, 0.25) is 0 Å². The van der Waals surface area contributed by atoms with Crippen molar-refractivity contribution in [1.82, 2.24) is 9.78 Å². The van der Waals surface area contributed by atoms with Crippen molar-refractivity contribution in [3.8, 4) is 0 Å². The van der Waals surface area contributed by atoms with Crippen LogP contribution < -0.4 is 5.56 Å². The van der Waals surface area contributed by atoms with Crippen molar-refractivity contribution in [1.29, 1.82) is 0 Å². The number of aromatic amines is 1. The van der Waals surface area contributed by atoms with Crippen LogP contribution in [0.4, 0.5) is 0 Å². The van der Waals surface area contributed by atoms with Crippen LogP contribution in [-0.2, 0) is 27.7 Å². The molecule has 1 heterocycles. The summed E-state index contributed by atoms with van der Waals surface area (Å²) in [4.78, 5) is 24.5. The van der Waals surface area contributed by atoms with Crippen LogP contribution in [-0.4, -0.2) is 40.7 Å². The van der Waals surface area contributed by atoms with E-state index in [1.165, 1.54) is 38.6 Å². The fourth-order valence-electron chi connectivity index (χ4n) is 2.33. The van der Waals surface area contributed by atoms with E-state index in [1.807, 2.05) is 0 Å². The van der Waals surface area contributed by atoms with Gasteiger partial charge >= 0.3 is 0 Å². The molecule has 1 aromatic carbocycles. The lowest BCUT2D eigenvalue weighted by molar-refractivity contribution is 0.103. The summed E-state index contributed by atoms with van der Waals surface area (Å²) < 4.78 is 36.8. The van der Waals surface area contributed by atoms with Crippen LogP contribution >= 0.6 is 0 Å². The van der Waals surface area contributed by atoms with Crippen LogP contribution in [0.15, 0.2) is 32.9 Å². The van der Waals surface area contributed by atoms with Crippen LogP contribution in [0.25, 0.3) is 0 Å². The van der Waals surface area contributed by atoms with Crippen LogP contribution in [0.1, 0.15) is 21.5 Å². The summed E-state index contributed by atoms with van der Waals surface area (Å²) in [6.07, 6.45) is 3.65. The molecule has 0 spiro atoms. The quantitative estimate of drug-likeness (QED) is 0.798. The first-order chi connectivity index (χ1) is 10.6. The van der Waals surface area contributed by atoms with Crippen molar-refractivity contribution >= 4 is 26.4 Å². The normalized spacial score (nSPS) is 13.0. The number of sulfone groups is 1. The number of aryl methyl sites for hydroxylation is 1. The summed E-state index contributed by atoms with van der Waals surface area (Å²) >= 11 is 0. The lowest BCUT2D eigenvalue weighted by Gasteiger charge is -2.12. The Morgan fingerprint density at radius 3 is 2.30 bits per heavy atom. The molecule has 7 nitrogen and oxygen atoms in total. The summed E-state index contributed by atoms with van der Waals surface area (Å²) in [6, 6.07) is 2.60. The highest BCUT2D eigenvalue weighted by atomic mass is 32.2. The fourth-order valence-corrected chi connectivity index (χ4v) is 4.84. The minimum Gasteiger partial charge on any atom is -0.302 e. The molecule has 0 aliphatic carbocycles. The SMILES string of the molecule is Cc1c(C(=O)c2c[nH]n(C)c2=O)ccc(S(C)(=O)=O)c1S(C)=O. The molecule has 0 saturated heterocycles. The average molecular weight is 356 g/mol. The first-order valence-corrected chi connectivity index (χ1v) is 9.96. The van der Waals surface area contributed by atoms with E-state index >= 15 is 0 Å². The van der Waals surface area contributed by atoms with Crippen molar-refractivity contribution in [3.63, 3.8) is 0 Å². The first-order valence-electron chi connectivity index (χ1n) is 6.52. The van der Waals surface area contributed by atoms with E-state index in [1.54, 1.807) is 0 Å². The number of hydrogen-bond acceptors (Lipinski definition) is 5. The Labute approximate surface area is 135 Å². The number of hydrogen-bond donors (Lipinski definition) is 1. The van der Waals surface area contributed by atoms with E-state index < -0.39 is 32.0 Å². The maximum atomic E-state index is 12.6. The highest BCUT2D eigenvalue weighted by molar-refractivity contribution is 7.92. The molecule has 0 bridgehead atoms. The number of carbonyl (C=O) groups is 1. The van der Waals surface area contributed by atoms with Gasteiger partial charge < -0.3 is 5.10 Å². The number of nitrogens with zero attached hydrogens (tertiary/aromatic N) is 1. The zero-order valence-corrected chi connectivity index (χ0v) is 14.7. The van der Waals surface area contributed by atoms with Gasteiger partial charge in [-0.15, -0.1) is 0 Å². The standard InChI is InChI=1S/C14H16N2O5S2/c1-8-9(12(17)10-7-15-16(2)14(10)18)5-6-11(23(4,20)21)13(8)22(3)19/h5-7,15H,1-4H3. The molecule has 1 unspecified atom stereocenters. The summed E-state index contributed by atoms with van der Waals surface area (Å²) in [5, 5.41) is 2.61. The smallest absolute Gasteiger partial charge is 0.277 e. The van der Waals surface area contributed by atoms with E-state index in [-0.39, 0.29) is 20.9 Å². The maximum Gasteiger partial charge on any atom is 0.277 e. The molecule has 0 radical (unpaired) electrons. The highest BCUT2D eigenvalue weighted by Gasteiger charge is 2.24. The van der Waals surface area contributed by atoms with Gasteiger partial charge in [0.05, 0.1) is 20.6 Å². The Kier molecular flexibility index (Phi) is 4.45. The number of benzene rings is 1. The predicted octanol–water partition coefficient (Wildman–Crippen LogP) is 0.394. The van der Waals surface area contributed by atoms with Gasteiger partial charge in [-0.3, -0.25) is 18.5 Å². The molecule has 2 rings (SSSR count). The van der Waals surface area contributed by atoms with Crippen LogP contribution in [0.5, 0.6) is 0 Å². The number of H-pyrrole nitrogens is 1. The third-order valence-corrected chi connectivity index (χ3v) is 5.85. The van der Waals surface area contributed by atoms with E-state index in [0.717, 1.165) is 10.9 Å². The van der Waals surface area contributed by atoms with Crippen molar-refractivity contribution in [3.05, 3.63) is 45.4 Å². The van der Waals surface area contributed by atoms with Crippen molar-refractivity contribution in [2.24, 2.45) is 7.05 Å². The number of aromatic nitrogens is 2. The third-order valence-electron chi connectivity index (χ3n) is 3.48.